The van der Waals surface area contributed by atoms with Gasteiger partial charge in [-0.3, -0.25) is 0 Å². The van der Waals surface area contributed by atoms with Gasteiger partial charge in [-0.15, -0.1) is 5.69 Å². The van der Waals surface area contributed by atoms with Crippen LogP contribution in [0.15, 0.2) is 36.4 Å². The number of halogens is 3. The van der Waals surface area contributed by atoms with Crippen molar-refractivity contribution < 1.29 is 13.2 Å². The molecule has 0 aliphatic carbocycles. The lowest BCUT2D eigenvalue weighted by atomic mass is 10.1. The maximum atomic E-state index is 12.5. The highest BCUT2D eigenvalue weighted by Crippen LogP contribution is 2.30. The summed E-state index contributed by atoms with van der Waals surface area (Å²) in [6.07, 6.45) is -4.30. The molecule has 2 aromatic carbocycles. The van der Waals surface area contributed by atoms with Crippen molar-refractivity contribution in [2.75, 3.05) is 11.9 Å². The van der Waals surface area contributed by atoms with E-state index in [0.29, 0.717) is 12.2 Å². The van der Waals surface area contributed by atoms with Crippen molar-refractivity contribution >= 4 is 11.4 Å². The van der Waals surface area contributed by atoms with E-state index in [4.69, 9.17) is 5.73 Å². The molecule has 0 atom stereocenters. The van der Waals surface area contributed by atoms with Crippen LogP contribution in [0.3, 0.4) is 0 Å². The quantitative estimate of drug-likeness (QED) is 0.720. The second kappa shape index (κ2) is 5.91. The average molecular weight is 307 g/mol. The minimum atomic E-state index is -4.30. The van der Waals surface area contributed by atoms with E-state index in [0.717, 1.165) is 34.5 Å². The van der Waals surface area contributed by atoms with Crippen molar-refractivity contribution in [3.8, 4) is 0 Å². The predicted octanol–water partition coefficient (Wildman–Crippen LogP) is 5.64. The molecule has 0 unspecified atom stereocenters. The summed E-state index contributed by atoms with van der Waals surface area (Å²) in [5, 5.41) is 0. The average Bonchev–Trinajstić information content (AvgIpc) is 2.43. The lowest BCUT2D eigenvalue weighted by molar-refractivity contribution is -0.137. The molecule has 1 N–H and O–H groups in total. The fourth-order valence-corrected chi connectivity index (χ4v) is 2.33. The largest absolute Gasteiger partial charge is 0.698 e. The molecular weight excluding hydrogens is 289 g/mol. The summed E-state index contributed by atoms with van der Waals surface area (Å²) in [6.45, 7) is 4.27. The van der Waals surface area contributed by atoms with E-state index in [-0.39, 0.29) is 0 Å². The Balaban J connectivity index is 2.17. The number of alkyl halides is 3. The van der Waals surface area contributed by atoms with Crippen LogP contribution in [0.25, 0.3) is 5.73 Å². The van der Waals surface area contributed by atoms with Crippen molar-refractivity contribution in [2.45, 2.75) is 26.6 Å². The first-order valence-electron chi connectivity index (χ1n) is 6.88. The Labute approximate surface area is 128 Å². The van der Waals surface area contributed by atoms with E-state index in [1.54, 1.807) is 0 Å². The molecule has 0 heterocycles. The van der Waals surface area contributed by atoms with Crippen LogP contribution in [0.1, 0.15) is 22.3 Å². The Morgan fingerprint density at radius 2 is 1.50 bits per heavy atom. The van der Waals surface area contributed by atoms with Gasteiger partial charge in [0.25, 0.3) is 0 Å². The summed E-state index contributed by atoms with van der Waals surface area (Å²) >= 11 is 0. The minimum Gasteiger partial charge on any atom is -0.698 e. The van der Waals surface area contributed by atoms with Gasteiger partial charge in [-0.05, 0) is 43.7 Å². The normalized spacial score (nSPS) is 11.5. The first-order chi connectivity index (χ1) is 10.2. The Morgan fingerprint density at radius 1 is 1.00 bits per heavy atom. The zero-order chi connectivity index (χ0) is 16.5. The molecule has 118 valence electrons. The summed E-state index contributed by atoms with van der Waals surface area (Å²) in [4.78, 5) is 1.96. The smallest absolute Gasteiger partial charge is 0.416 e. The van der Waals surface area contributed by atoms with Gasteiger partial charge in [-0.1, -0.05) is 23.3 Å². The van der Waals surface area contributed by atoms with Crippen molar-refractivity contribution in [1.29, 1.82) is 0 Å². The standard InChI is InChI=1S/C17H18F3N2/c1-11-8-15(9-12(2)16(11)21)22(3)10-13-4-6-14(7-5-13)17(18,19)20/h4-9,21H,10H2,1-3H3/q-1. The van der Waals surface area contributed by atoms with Gasteiger partial charge < -0.3 is 10.6 Å². The first kappa shape index (κ1) is 16.2. The summed E-state index contributed by atoms with van der Waals surface area (Å²) < 4.78 is 37.6. The van der Waals surface area contributed by atoms with Crippen LogP contribution in [0.2, 0.25) is 0 Å². The Bertz CT molecular complexity index is 638. The van der Waals surface area contributed by atoms with Crippen LogP contribution in [0.5, 0.6) is 0 Å². The van der Waals surface area contributed by atoms with Crippen LogP contribution >= 0.6 is 0 Å². The number of benzene rings is 2. The van der Waals surface area contributed by atoms with Gasteiger partial charge in [-0.25, -0.2) is 0 Å². The third-order valence-electron chi connectivity index (χ3n) is 3.66. The van der Waals surface area contributed by atoms with E-state index < -0.39 is 11.7 Å². The Kier molecular flexibility index (Phi) is 4.35. The highest BCUT2D eigenvalue weighted by atomic mass is 19.4. The van der Waals surface area contributed by atoms with Gasteiger partial charge in [-0.2, -0.15) is 13.2 Å². The number of aryl methyl sites for hydroxylation is 2. The zero-order valence-electron chi connectivity index (χ0n) is 12.8. The highest BCUT2D eigenvalue weighted by Gasteiger charge is 2.29. The lowest BCUT2D eigenvalue weighted by Gasteiger charge is -2.23. The maximum Gasteiger partial charge on any atom is 0.416 e. The van der Waals surface area contributed by atoms with Crippen molar-refractivity contribution in [3.05, 3.63) is 64.4 Å². The van der Waals surface area contributed by atoms with E-state index in [9.17, 15) is 13.2 Å². The summed E-state index contributed by atoms with van der Waals surface area (Å²) in [7, 11) is 1.88. The topological polar surface area (TPSA) is 27.0 Å². The number of hydrogen-bond acceptors (Lipinski definition) is 1. The molecule has 0 aliphatic rings. The molecule has 2 nitrogen and oxygen atoms in total. The molecule has 0 bridgehead atoms. The second-order valence-corrected chi connectivity index (χ2v) is 5.51. The summed E-state index contributed by atoms with van der Waals surface area (Å²) in [5.74, 6) is 0. The van der Waals surface area contributed by atoms with Gasteiger partial charge in [0, 0.05) is 19.3 Å². The Morgan fingerprint density at radius 3 is 1.95 bits per heavy atom. The van der Waals surface area contributed by atoms with Crippen LogP contribution in [-0.4, -0.2) is 7.05 Å². The van der Waals surface area contributed by atoms with Gasteiger partial charge >= 0.3 is 6.18 Å². The molecular formula is C17H18F3N2-. The summed E-state index contributed by atoms with van der Waals surface area (Å²) in [6, 6.07) is 9.04. The predicted molar refractivity (Wildman–Crippen MR) is 83.4 cm³/mol. The fraction of sp³-hybridized carbons (Fsp3) is 0.294. The molecule has 0 saturated carbocycles. The Hall–Kier alpha value is -2.17. The zero-order valence-corrected chi connectivity index (χ0v) is 12.8. The molecule has 2 rings (SSSR count). The number of nitrogens with one attached hydrogen (secondary N) is 1. The minimum absolute atomic E-state index is 0.508. The molecule has 0 fully saturated rings. The van der Waals surface area contributed by atoms with E-state index in [1.807, 2.05) is 37.9 Å². The van der Waals surface area contributed by atoms with Crippen LogP contribution < -0.4 is 4.90 Å². The van der Waals surface area contributed by atoms with Gasteiger partial charge in [0.1, 0.15) is 0 Å². The molecule has 2 aromatic rings. The van der Waals surface area contributed by atoms with Crippen molar-refractivity contribution in [2.24, 2.45) is 0 Å². The molecule has 5 heteroatoms. The molecule has 0 radical (unpaired) electrons. The number of rotatable bonds is 3. The molecule has 0 aliphatic heterocycles. The van der Waals surface area contributed by atoms with Gasteiger partial charge in [0.05, 0.1) is 5.56 Å². The van der Waals surface area contributed by atoms with E-state index >= 15 is 0 Å². The highest BCUT2D eigenvalue weighted by molar-refractivity contribution is 5.64. The van der Waals surface area contributed by atoms with Crippen LogP contribution in [0.4, 0.5) is 24.5 Å². The van der Waals surface area contributed by atoms with E-state index in [1.165, 1.54) is 12.1 Å². The second-order valence-electron chi connectivity index (χ2n) is 5.51. The molecule has 0 amide bonds. The number of anilines is 1. The molecule has 22 heavy (non-hydrogen) atoms. The molecule has 0 spiro atoms. The monoisotopic (exact) mass is 307 g/mol. The van der Waals surface area contributed by atoms with Gasteiger partial charge in [0.2, 0.25) is 0 Å². The van der Waals surface area contributed by atoms with Crippen LogP contribution in [0, 0.1) is 13.8 Å². The lowest BCUT2D eigenvalue weighted by Crippen LogP contribution is -2.16. The third kappa shape index (κ3) is 3.53. The van der Waals surface area contributed by atoms with Crippen molar-refractivity contribution in [3.63, 3.8) is 0 Å². The SMILES string of the molecule is Cc1cc(N(C)Cc2ccc(C(F)(F)F)cc2)cc(C)c1[NH-]. The molecule has 0 saturated heterocycles. The number of nitrogens with zero attached hydrogens (tertiary/aromatic N) is 1. The van der Waals surface area contributed by atoms with Crippen LogP contribution in [-0.2, 0) is 12.7 Å². The van der Waals surface area contributed by atoms with Gasteiger partial charge in [0.15, 0.2) is 0 Å². The summed E-state index contributed by atoms with van der Waals surface area (Å²) in [5.41, 5.74) is 11.3. The molecule has 0 aromatic heterocycles. The first-order valence-corrected chi connectivity index (χ1v) is 6.88. The van der Waals surface area contributed by atoms with E-state index in [2.05, 4.69) is 0 Å². The number of hydrogen-bond donors (Lipinski definition) is 0. The third-order valence-corrected chi connectivity index (χ3v) is 3.66. The fourth-order valence-electron chi connectivity index (χ4n) is 2.33. The van der Waals surface area contributed by atoms with Crippen molar-refractivity contribution in [1.82, 2.24) is 0 Å². The maximum absolute atomic E-state index is 12.5.